The summed E-state index contributed by atoms with van der Waals surface area (Å²) in [6, 6.07) is 12.6. The van der Waals surface area contributed by atoms with E-state index in [1.165, 1.54) is 24.3 Å². The number of sulfone groups is 1. The number of amides is 1. The zero-order valence-corrected chi connectivity index (χ0v) is 22.5. The molecule has 0 fully saturated rings. The molecule has 198 valence electrons. The highest BCUT2D eigenvalue weighted by Crippen LogP contribution is 2.34. The lowest BCUT2D eigenvalue weighted by molar-refractivity contribution is -0.145. The van der Waals surface area contributed by atoms with Crippen LogP contribution >= 0.6 is 0 Å². The Bertz CT molecular complexity index is 1410. The highest BCUT2D eigenvalue weighted by Gasteiger charge is 2.31. The summed E-state index contributed by atoms with van der Waals surface area (Å²) >= 11 is 0. The van der Waals surface area contributed by atoms with Gasteiger partial charge in [-0.3, -0.25) is 0 Å². The molecule has 1 unspecified atom stereocenters. The fourth-order valence-electron chi connectivity index (χ4n) is 3.87. The lowest BCUT2D eigenvalue weighted by atomic mass is 10.1. The van der Waals surface area contributed by atoms with Gasteiger partial charge in [-0.25, -0.2) is 22.4 Å². The van der Waals surface area contributed by atoms with Gasteiger partial charge in [0.15, 0.2) is 15.9 Å². The molecule has 0 bridgehead atoms. The van der Waals surface area contributed by atoms with Crippen molar-refractivity contribution >= 4 is 21.9 Å². The molecule has 0 aliphatic heterocycles. The number of ether oxygens (including phenoxy) is 2. The second kappa shape index (κ2) is 10.8. The number of hydrogen-bond acceptors (Lipinski definition) is 6. The number of alkyl carbamates (subject to hydrolysis) is 1. The van der Waals surface area contributed by atoms with E-state index in [1.807, 2.05) is 0 Å². The van der Waals surface area contributed by atoms with Gasteiger partial charge < -0.3 is 19.4 Å². The molecule has 8 nitrogen and oxygen atoms in total. The number of nitrogens with one attached hydrogen (secondary N) is 1. The molecule has 0 aliphatic rings. The van der Waals surface area contributed by atoms with Crippen molar-refractivity contribution < 1.29 is 31.9 Å². The van der Waals surface area contributed by atoms with Crippen LogP contribution in [-0.2, 0) is 24.1 Å². The van der Waals surface area contributed by atoms with Crippen LogP contribution < -0.4 is 5.32 Å². The fourth-order valence-corrected chi connectivity index (χ4v) is 4.50. The first kappa shape index (κ1) is 27.9. The summed E-state index contributed by atoms with van der Waals surface area (Å²) in [6.07, 6.45) is 0.314. The summed E-state index contributed by atoms with van der Waals surface area (Å²) in [4.78, 5) is 25.7. The second-order valence-corrected chi connectivity index (χ2v) is 11.5. The van der Waals surface area contributed by atoms with Crippen LogP contribution in [0.3, 0.4) is 0 Å². The zero-order valence-electron chi connectivity index (χ0n) is 21.7. The lowest BCUT2D eigenvalue weighted by Crippen LogP contribution is -2.39. The van der Waals surface area contributed by atoms with Crippen LogP contribution in [0.1, 0.15) is 45.0 Å². The number of benzene rings is 2. The molecule has 1 N–H and O–H groups in total. The Hall–Kier alpha value is -3.66. The van der Waals surface area contributed by atoms with Crippen LogP contribution in [-0.4, -0.2) is 43.5 Å². The second-order valence-electron chi connectivity index (χ2n) is 9.51. The van der Waals surface area contributed by atoms with Crippen molar-refractivity contribution in [3.05, 3.63) is 71.7 Å². The summed E-state index contributed by atoms with van der Waals surface area (Å²) in [7, 11) is -3.41. The smallest absolute Gasteiger partial charge is 0.408 e. The van der Waals surface area contributed by atoms with E-state index in [0.29, 0.717) is 28.2 Å². The van der Waals surface area contributed by atoms with Gasteiger partial charge in [-0.05, 0) is 76.6 Å². The topological polar surface area (TPSA) is 104 Å². The molecule has 0 aliphatic carbocycles. The maximum absolute atomic E-state index is 14.2. The Morgan fingerprint density at radius 3 is 2.27 bits per heavy atom. The molecule has 1 heterocycles. The average Bonchev–Trinajstić information content (AvgIpc) is 3.12. The predicted molar refractivity (Wildman–Crippen MR) is 138 cm³/mol. The summed E-state index contributed by atoms with van der Waals surface area (Å²) in [5, 5.41) is 2.60. The number of carbonyl (C=O) groups excluding carboxylic acids is 2. The molecule has 2 aromatic carbocycles. The predicted octanol–water partition coefficient (Wildman–Crippen LogP) is 5.12. The van der Waals surface area contributed by atoms with Gasteiger partial charge in [-0.2, -0.15) is 0 Å². The number of hydrogen-bond donors (Lipinski definition) is 1. The molecule has 37 heavy (non-hydrogen) atoms. The molecule has 3 aromatic rings. The molecule has 1 atom stereocenters. The van der Waals surface area contributed by atoms with E-state index in [9.17, 15) is 22.4 Å². The third-order valence-corrected chi connectivity index (χ3v) is 6.55. The molecule has 10 heteroatoms. The Kier molecular flexibility index (Phi) is 8.12. The van der Waals surface area contributed by atoms with Gasteiger partial charge in [0.05, 0.1) is 17.2 Å². The zero-order chi connectivity index (χ0) is 27.5. The maximum Gasteiger partial charge on any atom is 0.408 e. The highest BCUT2D eigenvalue weighted by molar-refractivity contribution is 7.90. The van der Waals surface area contributed by atoms with E-state index >= 15 is 0 Å². The van der Waals surface area contributed by atoms with E-state index in [2.05, 4.69) is 5.32 Å². The molecule has 0 saturated heterocycles. The number of esters is 1. The number of carbonyl (C=O) groups is 2. The van der Waals surface area contributed by atoms with E-state index in [1.54, 1.807) is 69.5 Å². The van der Waals surface area contributed by atoms with Gasteiger partial charge in [-0.15, -0.1) is 0 Å². The highest BCUT2D eigenvalue weighted by atomic mass is 32.2. The molecule has 1 amide bonds. The van der Waals surface area contributed by atoms with Crippen LogP contribution in [0, 0.1) is 12.7 Å². The lowest BCUT2D eigenvalue weighted by Gasteiger charge is -2.23. The Morgan fingerprint density at radius 2 is 1.73 bits per heavy atom. The minimum Gasteiger partial charge on any atom is -0.464 e. The van der Waals surface area contributed by atoms with Crippen molar-refractivity contribution in [2.75, 3.05) is 12.9 Å². The molecule has 3 rings (SSSR count). The van der Waals surface area contributed by atoms with Crippen molar-refractivity contribution in [2.45, 2.75) is 51.2 Å². The minimum absolute atomic E-state index is 0.0921. The molecular weight excluding hydrogens is 499 g/mol. The van der Waals surface area contributed by atoms with Gasteiger partial charge in [0.1, 0.15) is 11.4 Å². The standard InChI is InChI=1S/C27H31FN2O6S/c1-7-35-25(31)24(29-26(32)36-27(3,4)5)22-16-23(18-11-13-21(14-12-18)37(6,33)34)30(17(22)2)20-10-8-9-19(28)15-20/h8-16,24H,7H2,1-6H3,(H,29,32). The molecular formula is C27H31FN2O6S. The van der Waals surface area contributed by atoms with Gasteiger partial charge in [0.25, 0.3) is 0 Å². The summed E-state index contributed by atoms with van der Waals surface area (Å²) in [5.74, 6) is -1.15. The molecule has 0 spiro atoms. The largest absolute Gasteiger partial charge is 0.464 e. The monoisotopic (exact) mass is 530 g/mol. The first-order valence-corrected chi connectivity index (χ1v) is 13.5. The van der Waals surface area contributed by atoms with Crippen molar-refractivity contribution in [2.24, 2.45) is 0 Å². The quantitative estimate of drug-likeness (QED) is 0.425. The number of nitrogens with zero attached hydrogens (tertiary/aromatic N) is 1. The van der Waals surface area contributed by atoms with Crippen molar-refractivity contribution in [1.29, 1.82) is 0 Å². The Balaban J connectivity index is 2.21. The maximum atomic E-state index is 14.2. The van der Waals surface area contributed by atoms with E-state index < -0.39 is 39.4 Å². The van der Waals surface area contributed by atoms with Gasteiger partial charge in [0, 0.05) is 23.2 Å². The van der Waals surface area contributed by atoms with Crippen LogP contribution in [0.4, 0.5) is 9.18 Å². The summed E-state index contributed by atoms with van der Waals surface area (Å²) in [5.41, 5.74) is 1.81. The van der Waals surface area contributed by atoms with Crippen molar-refractivity contribution in [1.82, 2.24) is 9.88 Å². The SMILES string of the molecule is CCOC(=O)C(NC(=O)OC(C)(C)C)c1cc(-c2ccc(S(C)(=O)=O)cc2)n(-c2cccc(F)c2)c1C. The first-order valence-electron chi connectivity index (χ1n) is 11.7. The van der Waals surface area contributed by atoms with Crippen LogP contribution in [0.25, 0.3) is 16.9 Å². The van der Waals surface area contributed by atoms with Gasteiger partial charge in [-0.1, -0.05) is 18.2 Å². The number of halogens is 1. The Labute approximate surface area is 216 Å². The van der Waals surface area contributed by atoms with Crippen LogP contribution in [0.2, 0.25) is 0 Å². The van der Waals surface area contributed by atoms with E-state index in [-0.39, 0.29) is 11.5 Å². The van der Waals surface area contributed by atoms with Crippen molar-refractivity contribution in [3.63, 3.8) is 0 Å². The normalized spacial score (nSPS) is 12.6. The van der Waals surface area contributed by atoms with Gasteiger partial charge in [0.2, 0.25) is 0 Å². The average molecular weight is 531 g/mol. The minimum atomic E-state index is -3.41. The first-order chi connectivity index (χ1) is 17.2. The molecule has 0 radical (unpaired) electrons. The van der Waals surface area contributed by atoms with E-state index in [0.717, 1.165) is 6.26 Å². The number of rotatable bonds is 7. The van der Waals surface area contributed by atoms with E-state index in [4.69, 9.17) is 9.47 Å². The summed E-state index contributed by atoms with van der Waals surface area (Å²) < 4.78 is 50.4. The number of aromatic nitrogens is 1. The van der Waals surface area contributed by atoms with Crippen molar-refractivity contribution in [3.8, 4) is 16.9 Å². The molecule has 0 saturated carbocycles. The third kappa shape index (κ3) is 6.76. The Morgan fingerprint density at radius 1 is 1.08 bits per heavy atom. The van der Waals surface area contributed by atoms with Crippen LogP contribution in [0.5, 0.6) is 0 Å². The van der Waals surface area contributed by atoms with Crippen LogP contribution in [0.15, 0.2) is 59.5 Å². The third-order valence-electron chi connectivity index (χ3n) is 5.43. The summed E-state index contributed by atoms with van der Waals surface area (Å²) in [6.45, 7) is 8.59. The fraction of sp³-hybridized carbons (Fsp3) is 0.333. The molecule has 1 aromatic heterocycles. The van der Waals surface area contributed by atoms with Gasteiger partial charge >= 0.3 is 12.1 Å².